The predicted octanol–water partition coefficient (Wildman–Crippen LogP) is 4.42. The SMILES string of the molecule is CC(C)CNC(=O)C(Cc1ccccc1)N(Cc1ccccc1)C(=O)CCCN(c1ccc2c(c1)OCCO2)S(C)(=O)=O. The van der Waals surface area contributed by atoms with Crippen LogP contribution in [0.5, 0.6) is 11.5 Å². The molecule has 1 aliphatic heterocycles. The maximum atomic E-state index is 13.9. The highest BCUT2D eigenvalue weighted by Crippen LogP contribution is 2.34. The summed E-state index contributed by atoms with van der Waals surface area (Å²) in [6, 6.07) is 23.5. The Balaban J connectivity index is 1.55. The summed E-state index contributed by atoms with van der Waals surface area (Å²) in [4.78, 5) is 29.1. The van der Waals surface area contributed by atoms with Gasteiger partial charge in [0.05, 0.1) is 11.9 Å². The zero-order chi connectivity index (χ0) is 30.8. The third kappa shape index (κ3) is 9.22. The third-order valence-electron chi connectivity index (χ3n) is 7.12. The average Bonchev–Trinajstić information content (AvgIpc) is 3.00. The second-order valence-electron chi connectivity index (χ2n) is 11.1. The number of ether oxygens (including phenoxy) is 2. The Labute approximate surface area is 254 Å². The minimum atomic E-state index is -3.65. The Morgan fingerprint density at radius 3 is 2.14 bits per heavy atom. The number of hydrogen-bond acceptors (Lipinski definition) is 6. The topological polar surface area (TPSA) is 105 Å². The number of hydrogen-bond donors (Lipinski definition) is 1. The van der Waals surface area contributed by atoms with Crippen molar-refractivity contribution in [2.45, 2.75) is 45.7 Å². The van der Waals surface area contributed by atoms with E-state index in [0.717, 1.165) is 17.4 Å². The van der Waals surface area contributed by atoms with Crippen LogP contribution in [0.25, 0.3) is 0 Å². The number of nitrogens with zero attached hydrogens (tertiary/aromatic N) is 2. The fourth-order valence-electron chi connectivity index (χ4n) is 4.95. The third-order valence-corrected chi connectivity index (χ3v) is 8.31. The van der Waals surface area contributed by atoms with Crippen molar-refractivity contribution in [3.63, 3.8) is 0 Å². The lowest BCUT2D eigenvalue weighted by atomic mass is 10.0. The van der Waals surface area contributed by atoms with Gasteiger partial charge in [0.25, 0.3) is 0 Å². The number of carbonyl (C=O) groups excluding carboxylic acids is 2. The Hall–Kier alpha value is -4.05. The summed E-state index contributed by atoms with van der Waals surface area (Å²) in [6.07, 6.45) is 1.82. The van der Waals surface area contributed by atoms with Crippen molar-refractivity contribution in [2.24, 2.45) is 5.92 Å². The fourth-order valence-corrected chi connectivity index (χ4v) is 5.90. The molecule has 3 aromatic carbocycles. The monoisotopic (exact) mass is 607 g/mol. The summed E-state index contributed by atoms with van der Waals surface area (Å²) in [5.74, 6) is 0.868. The van der Waals surface area contributed by atoms with Crippen LogP contribution in [-0.2, 0) is 32.6 Å². The number of carbonyl (C=O) groups is 2. The van der Waals surface area contributed by atoms with Crippen molar-refractivity contribution in [2.75, 3.05) is 36.9 Å². The van der Waals surface area contributed by atoms with E-state index >= 15 is 0 Å². The molecule has 0 saturated heterocycles. The Kier molecular flexibility index (Phi) is 11.1. The van der Waals surface area contributed by atoms with Crippen LogP contribution in [0.1, 0.15) is 37.8 Å². The second kappa shape index (κ2) is 14.9. The highest BCUT2D eigenvalue weighted by molar-refractivity contribution is 7.92. The van der Waals surface area contributed by atoms with Crippen LogP contribution < -0.4 is 19.1 Å². The van der Waals surface area contributed by atoms with Gasteiger partial charge < -0.3 is 19.7 Å². The molecular formula is C33H41N3O6S. The molecule has 10 heteroatoms. The van der Waals surface area contributed by atoms with Gasteiger partial charge in [-0.3, -0.25) is 13.9 Å². The maximum absolute atomic E-state index is 13.9. The molecule has 1 aliphatic rings. The molecule has 1 unspecified atom stereocenters. The smallest absolute Gasteiger partial charge is 0.243 e. The van der Waals surface area contributed by atoms with Gasteiger partial charge in [-0.25, -0.2) is 8.42 Å². The molecule has 1 N–H and O–H groups in total. The minimum absolute atomic E-state index is 0.0617. The number of rotatable bonds is 14. The van der Waals surface area contributed by atoms with Crippen molar-refractivity contribution in [3.05, 3.63) is 90.0 Å². The summed E-state index contributed by atoms with van der Waals surface area (Å²) >= 11 is 0. The quantitative estimate of drug-likeness (QED) is 0.291. The Morgan fingerprint density at radius 1 is 0.884 bits per heavy atom. The molecule has 1 atom stereocenters. The van der Waals surface area contributed by atoms with Gasteiger partial charge in [0, 0.05) is 38.5 Å². The molecule has 4 rings (SSSR count). The fraction of sp³-hybridized carbons (Fsp3) is 0.394. The summed E-state index contributed by atoms with van der Waals surface area (Å²) in [7, 11) is -3.65. The van der Waals surface area contributed by atoms with E-state index < -0.39 is 16.1 Å². The van der Waals surface area contributed by atoms with Crippen molar-refractivity contribution in [1.29, 1.82) is 0 Å². The molecule has 9 nitrogen and oxygen atoms in total. The van der Waals surface area contributed by atoms with Gasteiger partial charge in [-0.1, -0.05) is 74.5 Å². The van der Waals surface area contributed by atoms with Gasteiger partial charge in [-0.2, -0.15) is 0 Å². The highest BCUT2D eigenvalue weighted by atomic mass is 32.2. The Bertz CT molecular complexity index is 1460. The molecule has 3 aromatic rings. The van der Waals surface area contributed by atoms with Crippen LogP contribution in [0.15, 0.2) is 78.9 Å². The standard InChI is InChI=1S/C33H41N3O6S/c1-25(2)23-34-33(38)29(21-26-11-6-4-7-12-26)35(24-27-13-8-5-9-14-27)32(37)15-10-18-36(43(3,39)40)28-16-17-30-31(22-28)42-20-19-41-30/h4-9,11-14,16-17,22,25,29H,10,15,18-21,23-24H2,1-3H3,(H,34,38). The van der Waals surface area contributed by atoms with E-state index in [1.165, 1.54) is 4.31 Å². The average molecular weight is 608 g/mol. The van der Waals surface area contributed by atoms with Crippen LogP contribution in [-0.4, -0.2) is 63.7 Å². The van der Waals surface area contributed by atoms with E-state index in [9.17, 15) is 18.0 Å². The summed E-state index contributed by atoms with van der Waals surface area (Å²) in [5, 5.41) is 3.02. The van der Waals surface area contributed by atoms with Crippen LogP contribution in [0.4, 0.5) is 5.69 Å². The molecule has 43 heavy (non-hydrogen) atoms. The zero-order valence-electron chi connectivity index (χ0n) is 25.1. The van der Waals surface area contributed by atoms with Gasteiger partial charge in [-0.05, 0) is 35.6 Å². The first-order valence-electron chi connectivity index (χ1n) is 14.6. The number of sulfonamides is 1. The van der Waals surface area contributed by atoms with Gasteiger partial charge in [0.1, 0.15) is 19.3 Å². The van der Waals surface area contributed by atoms with Crippen LogP contribution in [0, 0.1) is 5.92 Å². The minimum Gasteiger partial charge on any atom is -0.486 e. The van der Waals surface area contributed by atoms with E-state index in [1.807, 2.05) is 74.5 Å². The van der Waals surface area contributed by atoms with E-state index in [4.69, 9.17) is 9.47 Å². The molecule has 230 valence electrons. The van der Waals surface area contributed by atoms with Gasteiger partial charge in [-0.15, -0.1) is 0 Å². The number of amides is 2. The van der Waals surface area contributed by atoms with Crippen molar-refractivity contribution in [3.8, 4) is 11.5 Å². The normalized spacial score (nSPS) is 13.3. The van der Waals surface area contributed by atoms with E-state index in [2.05, 4.69) is 5.32 Å². The van der Waals surface area contributed by atoms with Gasteiger partial charge >= 0.3 is 0 Å². The van der Waals surface area contributed by atoms with Crippen molar-refractivity contribution < 1.29 is 27.5 Å². The van der Waals surface area contributed by atoms with E-state index in [0.29, 0.717) is 43.4 Å². The predicted molar refractivity (Wildman–Crippen MR) is 168 cm³/mol. The summed E-state index contributed by atoms with van der Waals surface area (Å²) < 4.78 is 38.1. The van der Waals surface area contributed by atoms with Gasteiger partial charge in [0.2, 0.25) is 21.8 Å². The molecule has 0 aromatic heterocycles. The number of fused-ring (bicyclic) bond motifs is 1. The van der Waals surface area contributed by atoms with E-state index in [1.54, 1.807) is 23.1 Å². The van der Waals surface area contributed by atoms with E-state index in [-0.39, 0.29) is 43.7 Å². The zero-order valence-corrected chi connectivity index (χ0v) is 25.9. The number of nitrogens with one attached hydrogen (secondary N) is 1. The van der Waals surface area contributed by atoms with Crippen molar-refractivity contribution in [1.82, 2.24) is 10.2 Å². The molecule has 0 spiro atoms. The molecule has 1 heterocycles. The highest BCUT2D eigenvalue weighted by Gasteiger charge is 2.30. The van der Waals surface area contributed by atoms with Crippen molar-refractivity contribution >= 4 is 27.5 Å². The largest absolute Gasteiger partial charge is 0.486 e. The van der Waals surface area contributed by atoms with Gasteiger partial charge in [0.15, 0.2) is 11.5 Å². The number of benzene rings is 3. The molecule has 0 fully saturated rings. The first kappa shape index (κ1) is 31.9. The maximum Gasteiger partial charge on any atom is 0.243 e. The summed E-state index contributed by atoms with van der Waals surface area (Å²) in [6.45, 7) is 5.70. The van der Waals surface area contributed by atoms with Crippen LogP contribution >= 0.6 is 0 Å². The first-order chi connectivity index (χ1) is 20.6. The molecule has 2 amide bonds. The lowest BCUT2D eigenvalue weighted by Gasteiger charge is -2.32. The molecule has 0 radical (unpaired) electrons. The van der Waals surface area contributed by atoms with Crippen LogP contribution in [0.3, 0.4) is 0 Å². The van der Waals surface area contributed by atoms with Crippen LogP contribution in [0.2, 0.25) is 0 Å². The summed E-state index contributed by atoms with van der Waals surface area (Å²) in [5.41, 5.74) is 2.29. The lowest BCUT2D eigenvalue weighted by molar-refractivity contribution is -0.141. The molecule has 0 saturated carbocycles. The first-order valence-corrected chi connectivity index (χ1v) is 16.5. The second-order valence-corrected chi connectivity index (χ2v) is 13.0. The Morgan fingerprint density at radius 2 is 1.51 bits per heavy atom. The molecule has 0 aliphatic carbocycles. The lowest BCUT2D eigenvalue weighted by Crippen LogP contribution is -2.51. The molecular weight excluding hydrogens is 566 g/mol. The molecule has 0 bridgehead atoms. The number of anilines is 1.